The first-order valence-corrected chi connectivity index (χ1v) is 10.0. The fourth-order valence-corrected chi connectivity index (χ4v) is 3.69. The number of carbonyl (C=O) groups is 1. The molecule has 0 aliphatic rings. The lowest BCUT2D eigenvalue weighted by atomic mass is 9.91. The van der Waals surface area contributed by atoms with E-state index in [1.54, 1.807) is 0 Å². The van der Waals surface area contributed by atoms with Gasteiger partial charge in [-0.3, -0.25) is 14.3 Å². The van der Waals surface area contributed by atoms with Crippen molar-refractivity contribution in [3.63, 3.8) is 0 Å². The zero-order chi connectivity index (χ0) is 20.5. The van der Waals surface area contributed by atoms with E-state index in [1.165, 1.54) is 23.0 Å². The molecule has 0 atom stereocenters. The van der Waals surface area contributed by atoms with E-state index in [0.717, 1.165) is 17.0 Å². The van der Waals surface area contributed by atoms with Crippen LogP contribution in [0.3, 0.4) is 0 Å². The second-order valence-electron chi connectivity index (χ2n) is 7.92. The van der Waals surface area contributed by atoms with Gasteiger partial charge in [0.05, 0.1) is 21.4 Å². The number of rotatable bonds is 4. The molecule has 3 aromatic rings. The third-order valence-corrected chi connectivity index (χ3v) is 5.53. The van der Waals surface area contributed by atoms with Gasteiger partial charge in [-0.25, -0.2) is 0 Å². The molecule has 0 amide bonds. The maximum absolute atomic E-state index is 12.4. The van der Waals surface area contributed by atoms with Crippen LogP contribution in [-0.4, -0.2) is 20.5 Å². The van der Waals surface area contributed by atoms with Crippen molar-refractivity contribution in [3.8, 4) is 0 Å². The molecule has 1 N–H and O–H groups in total. The fourth-order valence-electron chi connectivity index (χ4n) is 2.82. The van der Waals surface area contributed by atoms with E-state index in [9.17, 15) is 9.59 Å². The van der Waals surface area contributed by atoms with Gasteiger partial charge in [0.25, 0.3) is 5.56 Å². The number of hydrogen-bond donors (Lipinski definition) is 1. The molecular formula is C22H25N3O2S. The van der Waals surface area contributed by atoms with Gasteiger partial charge in [0.15, 0.2) is 5.78 Å². The third kappa shape index (κ3) is 4.39. The highest BCUT2D eigenvalue weighted by Gasteiger charge is 2.18. The lowest BCUT2D eigenvalue weighted by Crippen LogP contribution is -2.22. The maximum atomic E-state index is 12.4. The monoisotopic (exact) mass is 395 g/mol. The summed E-state index contributed by atoms with van der Waals surface area (Å²) in [6.07, 6.45) is 3.38. The van der Waals surface area contributed by atoms with Gasteiger partial charge in [0, 0.05) is 22.7 Å². The van der Waals surface area contributed by atoms with Crippen LogP contribution in [0.5, 0.6) is 0 Å². The number of aryl methyl sites for hydroxylation is 1. The number of benzene rings is 1. The number of nitrogens with one attached hydrogen (secondary N) is 1. The van der Waals surface area contributed by atoms with Crippen LogP contribution in [0.25, 0.3) is 12.2 Å². The Balaban J connectivity index is 2.00. The minimum Gasteiger partial charge on any atom is -0.313 e. The Bertz CT molecular complexity index is 1180. The van der Waals surface area contributed by atoms with Crippen molar-refractivity contribution in [1.82, 2.24) is 14.8 Å². The second-order valence-corrected chi connectivity index (χ2v) is 9.00. The van der Waals surface area contributed by atoms with Crippen molar-refractivity contribution < 1.29 is 4.79 Å². The van der Waals surface area contributed by atoms with E-state index in [4.69, 9.17) is 0 Å². The summed E-state index contributed by atoms with van der Waals surface area (Å²) in [6.45, 7) is 10.2. The average molecular weight is 396 g/mol. The number of carbonyl (C=O) groups excluding carboxylic acids is 1. The predicted molar refractivity (Wildman–Crippen MR) is 114 cm³/mol. The smallest absolute Gasteiger partial charge is 0.266 e. The highest BCUT2D eigenvalue weighted by molar-refractivity contribution is 7.07. The minimum absolute atomic E-state index is 0.0143. The van der Waals surface area contributed by atoms with E-state index in [1.807, 2.05) is 63.6 Å². The Morgan fingerprint density at radius 3 is 2.54 bits per heavy atom. The molecule has 0 radical (unpaired) electrons. The second kappa shape index (κ2) is 7.72. The van der Waals surface area contributed by atoms with Gasteiger partial charge in [-0.15, -0.1) is 11.3 Å². The van der Waals surface area contributed by atoms with Crippen molar-refractivity contribution in [2.75, 3.05) is 0 Å². The molecule has 146 valence electrons. The van der Waals surface area contributed by atoms with Crippen molar-refractivity contribution in [3.05, 3.63) is 72.4 Å². The Labute approximate surface area is 168 Å². The van der Waals surface area contributed by atoms with E-state index in [-0.39, 0.29) is 11.3 Å². The van der Waals surface area contributed by atoms with Crippen LogP contribution in [0, 0.1) is 19.3 Å². The lowest BCUT2D eigenvalue weighted by Gasteiger charge is -2.12. The van der Waals surface area contributed by atoms with E-state index >= 15 is 0 Å². The summed E-state index contributed by atoms with van der Waals surface area (Å²) in [5, 5.41) is 4.63. The molecule has 0 spiro atoms. The van der Waals surface area contributed by atoms with Crippen LogP contribution < -0.4 is 14.8 Å². The molecule has 1 aromatic carbocycles. The molecule has 0 saturated carbocycles. The van der Waals surface area contributed by atoms with Gasteiger partial charge in [-0.05, 0) is 25.5 Å². The largest absolute Gasteiger partial charge is 0.313 e. The Kier molecular flexibility index (Phi) is 5.52. The number of H-pyrrole nitrogens is 1. The third-order valence-electron chi connectivity index (χ3n) is 4.57. The van der Waals surface area contributed by atoms with E-state index in [2.05, 4.69) is 22.2 Å². The Morgan fingerprint density at radius 1 is 1.21 bits per heavy atom. The molecule has 0 unspecified atom stereocenters. The van der Waals surface area contributed by atoms with Gasteiger partial charge in [0.2, 0.25) is 0 Å². The zero-order valence-corrected chi connectivity index (χ0v) is 17.7. The summed E-state index contributed by atoms with van der Waals surface area (Å²) in [4.78, 5) is 27.3. The topological polar surface area (TPSA) is 67.8 Å². The van der Waals surface area contributed by atoms with Crippen molar-refractivity contribution in [2.24, 2.45) is 5.41 Å². The summed E-state index contributed by atoms with van der Waals surface area (Å²) in [7, 11) is 0. The number of aromatic amines is 1. The highest BCUT2D eigenvalue weighted by atomic mass is 32.1. The first-order valence-electron chi connectivity index (χ1n) is 9.20. The summed E-state index contributed by atoms with van der Waals surface area (Å²) >= 11 is 1.29. The molecule has 2 aromatic heterocycles. The molecule has 0 saturated heterocycles. The number of aromatic nitrogens is 3. The van der Waals surface area contributed by atoms with E-state index < -0.39 is 5.41 Å². The lowest BCUT2D eigenvalue weighted by molar-refractivity contribution is -0.119. The van der Waals surface area contributed by atoms with Gasteiger partial charge < -0.3 is 4.98 Å². The molecular weight excluding hydrogens is 370 g/mol. The first-order chi connectivity index (χ1) is 13.1. The summed E-state index contributed by atoms with van der Waals surface area (Å²) in [5.74, 6) is -0.0143. The molecule has 3 rings (SSSR count). The standard InChI is InChI=1S/C22H25N3O2S/c1-14-17(15(2)25(24-14)13-16-9-7-6-8-10-16)11-18-21(27)23-20(28-18)12-19(26)22(3,4)5/h6-12H,13H2,1-5H3,(H,23,27)/b18-11-,20-12-. The molecule has 0 bridgehead atoms. The molecule has 2 heterocycles. The molecule has 5 nitrogen and oxygen atoms in total. The number of Topliss-reactive ketones (excluding diaryl/α,β-unsaturated/α-hetero) is 1. The normalized spacial score (nSPS) is 13.3. The van der Waals surface area contributed by atoms with Crippen LogP contribution in [0.4, 0.5) is 0 Å². The number of nitrogens with zero attached hydrogens (tertiary/aromatic N) is 2. The van der Waals surface area contributed by atoms with Crippen LogP contribution in [0.15, 0.2) is 35.1 Å². The fraction of sp³-hybridized carbons (Fsp3) is 0.318. The van der Waals surface area contributed by atoms with Crippen LogP contribution in [0.1, 0.15) is 43.3 Å². The molecule has 28 heavy (non-hydrogen) atoms. The average Bonchev–Trinajstić information content (AvgIpc) is 3.09. The number of thiazole rings is 1. The quantitative estimate of drug-likeness (QED) is 0.738. The Morgan fingerprint density at radius 2 is 1.89 bits per heavy atom. The molecule has 0 fully saturated rings. The van der Waals surface area contributed by atoms with Gasteiger partial charge in [-0.2, -0.15) is 5.10 Å². The number of hydrogen-bond acceptors (Lipinski definition) is 4. The van der Waals surface area contributed by atoms with Crippen LogP contribution in [-0.2, 0) is 11.3 Å². The maximum Gasteiger partial charge on any atom is 0.266 e. The van der Waals surface area contributed by atoms with Crippen molar-refractivity contribution in [1.29, 1.82) is 0 Å². The predicted octanol–water partition coefficient (Wildman–Crippen LogP) is 2.52. The van der Waals surface area contributed by atoms with Gasteiger partial charge in [0.1, 0.15) is 0 Å². The van der Waals surface area contributed by atoms with Crippen LogP contribution >= 0.6 is 11.3 Å². The van der Waals surface area contributed by atoms with Gasteiger partial charge in [-0.1, -0.05) is 51.1 Å². The molecule has 0 aliphatic heterocycles. The van der Waals surface area contributed by atoms with Crippen LogP contribution in [0.2, 0.25) is 0 Å². The van der Waals surface area contributed by atoms with E-state index in [0.29, 0.717) is 15.7 Å². The first kappa shape index (κ1) is 20.0. The van der Waals surface area contributed by atoms with Crippen molar-refractivity contribution in [2.45, 2.75) is 41.2 Å². The van der Waals surface area contributed by atoms with Crippen molar-refractivity contribution >= 4 is 29.3 Å². The number of ketones is 1. The SMILES string of the molecule is Cc1nn(Cc2ccccc2)c(C)c1/C=c1\s/c(=C\C(=O)C(C)(C)C)[nH]c1=O. The minimum atomic E-state index is -0.476. The summed E-state index contributed by atoms with van der Waals surface area (Å²) in [6, 6.07) is 10.1. The molecule has 0 aliphatic carbocycles. The summed E-state index contributed by atoms with van der Waals surface area (Å²) in [5.41, 5.74) is 3.33. The van der Waals surface area contributed by atoms with Gasteiger partial charge >= 0.3 is 0 Å². The highest BCUT2D eigenvalue weighted by Crippen LogP contribution is 2.16. The zero-order valence-electron chi connectivity index (χ0n) is 16.9. The Hall–Kier alpha value is -2.73. The molecule has 6 heteroatoms. The summed E-state index contributed by atoms with van der Waals surface area (Å²) < 4.78 is 3.09.